The van der Waals surface area contributed by atoms with Crippen LogP contribution in [0.25, 0.3) is 17.4 Å². The molecule has 2 aliphatic heterocycles. The molecule has 2 atom stereocenters. The van der Waals surface area contributed by atoms with Crippen LogP contribution in [0.15, 0.2) is 53.0 Å². The van der Waals surface area contributed by atoms with E-state index < -0.39 is 29.9 Å². The molecule has 5 rings (SSSR count). The van der Waals surface area contributed by atoms with Gasteiger partial charge in [-0.1, -0.05) is 24.3 Å². The largest absolute Gasteiger partial charge is 0.507 e. The van der Waals surface area contributed by atoms with Gasteiger partial charge in [0.1, 0.15) is 34.4 Å². The second kappa shape index (κ2) is 12.5. The molecule has 1 N–H and O–H groups in total. The van der Waals surface area contributed by atoms with Gasteiger partial charge >= 0.3 is 17.9 Å². The maximum Gasteiger partial charge on any atom is 0.342 e. The Bertz CT molecular complexity index is 1540. The van der Waals surface area contributed by atoms with Gasteiger partial charge in [0.05, 0.1) is 31.1 Å². The van der Waals surface area contributed by atoms with Crippen LogP contribution in [0.3, 0.4) is 0 Å². The summed E-state index contributed by atoms with van der Waals surface area (Å²) in [7, 11) is 1.31. The van der Waals surface area contributed by atoms with Crippen LogP contribution in [0.2, 0.25) is 0 Å². The molecule has 2 aromatic carbocycles. The number of furan rings is 1. The maximum atomic E-state index is 13.4. The number of ether oxygens (including phenoxy) is 3. The highest BCUT2D eigenvalue weighted by molar-refractivity contribution is 5.98. The van der Waals surface area contributed by atoms with Crippen molar-refractivity contribution >= 4 is 29.8 Å². The molecule has 0 aliphatic carbocycles. The number of carbonyl (C=O) groups excluding carboxylic acids is 4. The Kier molecular flexibility index (Phi) is 8.56. The van der Waals surface area contributed by atoms with Gasteiger partial charge in [-0.2, -0.15) is 0 Å². The predicted molar refractivity (Wildman–Crippen MR) is 152 cm³/mol. The SMILES string of the molecule is COC(=O)c1ccc(-c2ccc([C@H]3CC(=O)Oc4cc5c(c(O)c43)C(=O)O[C@@H](C)CCCC(=O)CCCC=C5)o2)cc1. The number of allylic oxidation sites excluding steroid dienone is 1. The second-order valence-electron chi connectivity index (χ2n) is 10.5. The van der Waals surface area contributed by atoms with E-state index in [2.05, 4.69) is 0 Å². The third kappa shape index (κ3) is 6.15. The van der Waals surface area contributed by atoms with Crippen LogP contribution in [0, 0.1) is 0 Å². The van der Waals surface area contributed by atoms with E-state index in [1.54, 1.807) is 55.5 Å². The maximum absolute atomic E-state index is 13.4. The standard InChI is InChI=1S/C33H32O9/c1-19-7-6-10-23(34)9-5-3-4-8-22-17-27-30(31(36)29(22)33(38)40-19)24(18-28(35)42-27)26-16-15-25(41-26)20-11-13-21(14-12-20)32(37)39-2/h4,8,11-17,19,24,36H,3,5-7,9-10,18H2,1-2H3/t19-,24+/m0/s1. The molecule has 3 heterocycles. The molecule has 0 spiro atoms. The zero-order valence-corrected chi connectivity index (χ0v) is 23.5. The molecule has 9 heteroatoms. The molecule has 9 nitrogen and oxygen atoms in total. The van der Waals surface area contributed by atoms with Crippen LogP contribution >= 0.6 is 0 Å². The van der Waals surface area contributed by atoms with Gasteiger partial charge in [0.25, 0.3) is 0 Å². The summed E-state index contributed by atoms with van der Waals surface area (Å²) < 4.78 is 22.1. The van der Waals surface area contributed by atoms with E-state index in [4.69, 9.17) is 18.6 Å². The van der Waals surface area contributed by atoms with Gasteiger partial charge in [0.15, 0.2) is 0 Å². The summed E-state index contributed by atoms with van der Waals surface area (Å²) in [5, 5.41) is 11.6. The van der Waals surface area contributed by atoms with Crippen molar-refractivity contribution in [3.05, 3.63) is 76.6 Å². The summed E-state index contributed by atoms with van der Waals surface area (Å²) in [5.74, 6) is -1.50. The Morgan fingerprint density at radius 1 is 1.02 bits per heavy atom. The summed E-state index contributed by atoms with van der Waals surface area (Å²) >= 11 is 0. The first-order valence-electron chi connectivity index (χ1n) is 14.0. The number of rotatable bonds is 3. The van der Waals surface area contributed by atoms with Crippen LogP contribution in [-0.2, 0) is 19.1 Å². The summed E-state index contributed by atoms with van der Waals surface area (Å²) in [5.41, 5.74) is 1.70. The fourth-order valence-corrected chi connectivity index (χ4v) is 5.35. The van der Waals surface area contributed by atoms with E-state index in [0.29, 0.717) is 66.7 Å². The van der Waals surface area contributed by atoms with Gasteiger partial charge in [0, 0.05) is 24.0 Å². The highest BCUT2D eigenvalue weighted by Crippen LogP contribution is 2.48. The molecule has 0 amide bonds. The number of esters is 3. The third-order valence-corrected chi connectivity index (χ3v) is 7.54. The molecule has 3 aromatic rings. The highest BCUT2D eigenvalue weighted by Gasteiger charge is 2.37. The van der Waals surface area contributed by atoms with Crippen LogP contribution in [0.5, 0.6) is 11.5 Å². The number of Topliss-reactive ketones (excluding diaryl/α,β-unsaturated/α-hetero) is 1. The number of ketones is 1. The number of benzene rings is 2. The Morgan fingerprint density at radius 3 is 2.55 bits per heavy atom. The van der Waals surface area contributed by atoms with Crippen molar-refractivity contribution < 1.29 is 42.9 Å². The number of cyclic esters (lactones) is 1. The highest BCUT2D eigenvalue weighted by atomic mass is 16.5. The monoisotopic (exact) mass is 572 g/mol. The van der Waals surface area contributed by atoms with Crippen LogP contribution in [0.4, 0.5) is 0 Å². The van der Waals surface area contributed by atoms with Gasteiger partial charge < -0.3 is 23.7 Å². The average molecular weight is 573 g/mol. The van der Waals surface area contributed by atoms with Crippen LogP contribution in [0.1, 0.15) is 95.4 Å². The van der Waals surface area contributed by atoms with Gasteiger partial charge in [-0.25, -0.2) is 9.59 Å². The zero-order valence-electron chi connectivity index (χ0n) is 23.5. The number of hydrogen-bond acceptors (Lipinski definition) is 9. The predicted octanol–water partition coefficient (Wildman–Crippen LogP) is 6.36. The van der Waals surface area contributed by atoms with Gasteiger partial charge in [-0.15, -0.1) is 0 Å². The zero-order chi connectivity index (χ0) is 29.8. The van der Waals surface area contributed by atoms with E-state index in [9.17, 15) is 24.3 Å². The molecular weight excluding hydrogens is 540 g/mol. The fraction of sp³-hybridized carbons (Fsp3) is 0.333. The van der Waals surface area contributed by atoms with Crippen molar-refractivity contribution in [1.29, 1.82) is 0 Å². The van der Waals surface area contributed by atoms with Crippen molar-refractivity contribution in [1.82, 2.24) is 0 Å². The Labute approximate surface area is 243 Å². The topological polar surface area (TPSA) is 129 Å². The van der Waals surface area contributed by atoms with Crippen molar-refractivity contribution in [3.63, 3.8) is 0 Å². The quantitative estimate of drug-likeness (QED) is 0.281. The number of phenols is 1. The molecule has 0 unspecified atom stereocenters. The minimum atomic E-state index is -0.719. The number of methoxy groups -OCH3 is 1. The fourth-order valence-electron chi connectivity index (χ4n) is 5.35. The van der Waals surface area contributed by atoms with Gasteiger partial charge in [-0.05, 0) is 68.5 Å². The normalized spacial score (nSPS) is 19.6. The molecular formula is C33H32O9. The lowest BCUT2D eigenvalue weighted by Crippen LogP contribution is -2.23. The Balaban J connectivity index is 1.53. The summed E-state index contributed by atoms with van der Waals surface area (Å²) in [6.07, 6.45) is 6.24. The lowest BCUT2D eigenvalue weighted by Gasteiger charge is -2.26. The molecule has 218 valence electrons. The first kappa shape index (κ1) is 28.9. The minimum Gasteiger partial charge on any atom is -0.507 e. The molecule has 1 aromatic heterocycles. The first-order chi connectivity index (χ1) is 20.2. The van der Waals surface area contributed by atoms with E-state index in [1.807, 2.05) is 6.08 Å². The number of aromatic hydroxyl groups is 1. The molecule has 0 fully saturated rings. The summed E-state index contributed by atoms with van der Waals surface area (Å²) in [6.45, 7) is 1.76. The molecule has 0 bridgehead atoms. The van der Waals surface area contributed by atoms with Gasteiger partial charge in [0.2, 0.25) is 0 Å². The van der Waals surface area contributed by atoms with Crippen molar-refractivity contribution in [2.45, 2.75) is 63.9 Å². The number of phenolic OH excluding ortho intramolecular Hbond substituents is 1. The average Bonchev–Trinajstić information content (AvgIpc) is 3.46. The third-order valence-electron chi connectivity index (χ3n) is 7.54. The molecule has 0 saturated carbocycles. The van der Waals surface area contributed by atoms with E-state index >= 15 is 0 Å². The van der Waals surface area contributed by atoms with Crippen molar-refractivity contribution in [2.75, 3.05) is 7.11 Å². The van der Waals surface area contributed by atoms with E-state index in [1.165, 1.54) is 7.11 Å². The number of fused-ring (bicyclic) bond motifs is 2. The second-order valence-corrected chi connectivity index (χ2v) is 10.5. The molecule has 2 aliphatic rings. The van der Waals surface area contributed by atoms with Crippen molar-refractivity contribution in [2.24, 2.45) is 0 Å². The summed E-state index contributed by atoms with van der Waals surface area (Å²) in [4.78, 5) is 50.0. The van der Waals surface area contributed by atoms with Gasteiger partial charge in [-0.3, -0.25) is 9.59 Å². The lowest BCUT2D eigenvalue weighted by atomic mass is 9.86. The number of hydrogen-bond donors (Lipinski definition) is 1. The number of carbonyl (C=O) groups is 4. The minimum absolute atomic E-state index is 0.0156. The first-order valence-corrected chi connectivity index (χ1v) is 14.0. The van der Waals surface area contributed by atoms with Crippen LogP contribution in [-0.4, -0.2) is 42.0 Å². The molecule has 0 saturated heterocycles. The Morgan fingerprint density at radius 2 is 1.79 bits per heavy atom. The molecule has 42 heavy (non-hydrogen) atoms. The van der Waals surface area contributed by atoms with Crippen molar-refractivity contribution in [3.8, 4) is 22.8 Å². The Hall–Kier alpha value is -4.66. The lowest BCUT2D eigenvalue weighted by molar-refractivity contribution is -0.135. The molecule has 0 radical (unpaired) electrons. The van der Waals surface area contributed by atoms with E-state index in [-0.39, 0.29) is 34.8 Å². The van der Waals surface area contributed by atoms with E-state index in [0.717, 1.165) is 0 Å². The smallest absolute Gasteiger partial charge is 0.342 e. The van der Waals surface area contributed by atoms with Crippen LogP contribution < -0.4 is 4.74 Å². The summed E-state index contributed by atoms with van der Waals surface area (Å²) in [6, 6.07) is 11.7.